The second kappa shape index (κ2) is 5.91. The standard InChI is InChI=1S/C14H21BrN2O/c1-10(2)4-3-7-16-14(18)13-8-11(15)9-17(13)12-5-6-12/h8-10,12H,3-7H2,1-2H3,(H,16,18). The van der Waals surface area contributed by atoms with E-state index in [0.717, 1.165) is 29.6 Å². The molecule has 0 radical (unpaired) electrons. The van der Waals surface area contributed by atoms with Crippen molar-refractivity contribution in [2.24, 2.45) is 5.92 Å². The predicted octanol–water partition coefficient (Wildman–Crippen LogP) is 3.75. The van der Waals surface area contributed by atoms with Crippen molar-refractivity contribution in [3.8, 4) is 0 Å². The van der Waals surface area contributed by atoms with Crippen molar-refractivity contribution in [2.75, 3.05) is 6.54 Å². The van der Waals surface area contributed by atoms with Crippen LogP contribution in [0.25, 0.3) is 0 Å². The molecule has 0 atom stereocenters. The number of rotatable bonds is 6. The van der Waals surface area contributed by atoms with E-state index in [2.05, 4.69) is 39.7 Å². The lowest BCUT2D eigenvalue weighted by molar-refractivity contribution is 0.0943. The average Bonchev–Trinajstić information content (AvgIpc) is 3.07. The van der Waals surface area contributed by atoms with E-state index in [1.165, 1.54) is 12.8 Å². The van der Waals surface area contributed by atoms with Gasteiger partial charge in [-0.2, -0.15) is 0 Å². The van der Waals surface area contributed by atoms with Crippen LogP contribution in [0.15, 0.2) is 16.7 Å². The van der Waals surface area contributed by atoms with Crippen molar-refractivity contribution in [3.63, 3.8) is 0 Å². The van der Waals surface area contributed by atoms with E-state index in [0.29, 0.717) is 12.0 Å². The van der Waals surface area contributed by atoms with Gasteiger partial charge in [-0.25, -0.2) is 0 Å². The first-order valence-electron chi connectivity index (χ1n) is 6.73. The van der Waals surface area contributed by atoms with Crippen LogP contribution in [0.4, 0.5) is 0 Å². The van der Waals surface area contributed by atoms with Gasteiger partial charge < -0.3 is 9.88 Å². The first-order chi connectivity index (χ1) is 8.58. The van der Waals surface area contributed by atoms with Crippen molar-refractivity contribution in [3.05, 3.63) is 22.4 Å². The highest BCUT2D eigenvalue weighted by atomic mass is 79.9. The number of halogens is 1. The third-order valence-corrected chi connectivity index (χ3v) is 3.67. The lowest BCUT2D eigenvalue weighted by Gasteiger charge is -2.09. The number of carbonyl (C=O) groups excluding carboxylic acids is 1. The molecule has 1 aromatic heterocycles. The van der Waals surface area contributed by atoms with Gasteiger partial charge in [0.2, 0.25) is 0 Å². The Morgan fingerprint density at radius 2 is 2.28 bits per heavy atom. The predicted molar refractivity (Wildman–Crippen MR) is 76.8 cm³/mol. The average molecular weight is 313 g/mol. The minimum Gasteiger partial charge on any atom is -0.351 e. The Labute approximate surface area is 117 Å². The summed E-state index contributed by atoms with van der Waals surface area (Å²) < 4.78 is 3.09. The number of nitrogens with one attached hydrogen (secondary N) is 1. The number of nitrogens with zero attached hydrogens (tertiary/aromatic N) is 1. The van der Waals surface area contributed by atoms with E-state index in [-0.39, 0.29) is 5.91 Å². The van der Waals surface area contributed by atoms with Gasteiger partial charge in [-0.15, -0.1) is 0 Å². The van der Waals surface area contributed by atoms with Crippen molar-refractivity contribution < 1.29 is 4.79 Å². The third kappa shape index (κ3) is 3.61. The van der Waals surface area contributed by atoms with Crippen LogP contribution in [-0.4, -0.2) is 17.0 Å². The highest BCUT2D eigenvalue weighted by Gasteiger charge is 2.27. The highest BCUT2D eigenvalue weighted by molar-refractivity contribution is 9.10. The van der Waals surface area contributed by atoms with Gasteiger partial charge in [-0.1, -0.05) is 13.8 Å². The van der Waals surface area contributed by atoms with Crippen molar-refractivity contribution in [1.82, 2.24) is 9.88 Å². The number of carbonyl (C=O) groups is 1. The number of hydrogen-bond acceptors (Lipinski definition) is 1. The molecule has 1 aliphatic carbocycles. The molecule has 3 nitrogen and oxygen atoms in total. The summed E-state index contributed by atoms with van der Waals surface area (Å²) in [5.41, 5.74) is 0.786. The Kier molecular flexibility index (Phi) is 4.49. The van der Waals surface area contributed by atoms with Crippen molar-refractivity contribution in [2.45, 2.75) is 45.6 Å². The molecule has 100 valence electrons. The quantitative estimate of drug-likeness (QED) is 0.797. The monoisotopic (exact) mass is 312 g/mol. The summed E-state index contributed by atoms with van der Waals surface area (Å²) in [6, 6.07) is 2.45. The Bertz CT molecular complexity index is 421. The van der Waals surface area contributed by atoms with E-state index in [4.69, 9.17) is 0 Å². The second-order valence-electron chi connectivity index (χ2n) is 5.47. The van der Waals surface area contributed by atoms with Gasteiger partial charge in [-0.05, 0) is 53.6 Å². The molecule has 0 spiro atoms. The molecule has 1 fully saturated rings. The Hall–Kier alpha value is -0.770. The van der Waals surface area contributed by atoms with Crippen molar-refractivity contribution >= 4 is 21.8 Å². The normalized spacial score (nSPS) is 15.1. The summed E-state index contributed by atoms with van der Waals surface area (Å²) in [5.74, 6) is 0.753. The minimum absolute atomic E-state index is 0.0522. The zero-order chi connectivity index (χ0) is 13.1. The second-order valence-corrected chi connectivity index (χ2v) is 6.39. The van der Waals surface area contributed by atoms with E-state index < -0.39 is 0 Å². The van der Waals surface area contributed by atoms with Gasteiger partial charge in [0.1, 0.15) is 5.69 Å². The Morgan fingerprint density at radius 3 is 2.89 bits per heavy atom. The smallest absolute Gasteiger partial charge is 0.267 e. The first-order valence-corrected chi connectivity index (χ1v) is 7.53. The zero-order valence-electron chi connectivity index (χ0n) is 11.1. The molecule has 1 heterocycles. The summed E-state index contributed by atoms with van der Waals surface area (Å²) in [7, 11) is 0. The molecule has 1 amide bonds. The maximum absolute atomic E-state index is 12.1. The molecule has 4 heteroatoms. The van der Waals surface area contributed by atoms with E-state index in [1.54, 1.807) is 0 Å². The fraction of sp³-hybridized carbons (Fsp3) is 0.643. The maximum Gasteiger partial charge on any atom is 0.267 e. The van der Waals surface area contributed by atoms with E-state index in [1.807, 2.05) is 12.3 Å². The lowest BCUT2D eigenvalue weighted by Crippen LogP contribution is -2.26. The molecular formula is C14H21BrN2O. The van der Waals surface area contributed by atoms with Crippen LogP contribution in [0.3, 0.4) is 0 Å². The van der Waals surface area contributed by atoms with Gasteiger partial charge in [0, 0.05) is 23.3 Å². The molecule has 1 N–H and O–H groups in total. The zero-order valence-corrected chi connectivity index (χ0v) is 12.7. The molecule has 0 saturated heterocycles. The van der Waals surface area contributed by atoms with Crippen LogP contribution in [0.2, 0.25) is 0 Å². The largest absolute Gasteiger partial charge is 0.351 e. The van der Waals surface area contributed by atoms with Crippen LogP contribution < -0.4 is 5.32 Å². The molecule has 0 aliphatic heterocycles. The first kappa shape index (κ1) is 13.7. The topological polar surface area (TPSA) is 34.0 Å². The van der Waals surface area contributed by atoms with Gasteiger partial charge in [0.05, 0.1) is 0 Å². The van der Waals surface area contributed by atoms with Crippen LogP contribution in [0.5, 0.6) is 0 Å². The highest BCUT2D eigenvalue weighted by Crippen LogP contribution is 2.37. The number of amides is 1. The molecule has 1 aromatic rings. The molecule has 1 saturated carbocycles. The van der Waals surface area contributed by atoms with Crippen molar-refractivity contribution in [1.29, 1.82) is 0 Å². The molecule has 1 aliphatic rings. The summed E-state index contributed by atoms with van der Waals surface area (Å²) in [6.07, 6.45) is 6.60. The molecule has 0 unspecified atom stereocenters. The van der Waals surface area contributed by atoms with Gasteiger partial charge >= 0.3 is 0 Å². The van der Waals surface area contributed by atoms with Crippen LogP contribution >= 0.6 is 15.9 Å². The van der Waals surface area contributed by atoms with Gasteiger partial charge in [0.25, 0.3) is 5.91 Å². The molecule has 2 rings (SSSR count). The lowest BCUT2D eigenvalue weighted by atomic mass is 10.1. The summed E-state index contributed by atoms with van der Waals surface area (Å²) >= 11 is 3.45. The molecule has 18 heavy (non-hydrogen) atoms. The number of aromatic nitrogens is 1. The third-order valence-electron chi connectivity index (χ3n) is 3.23. The van der Waals surface area contributed by atoms with Gasteiger partial charge in [-0.3, -0.25) is 4.79 Å². The van der Waals surface area contributed by atoms with E-state index >= 15 is 0 Å². The molecule has 0 bridgehead atoms. The van der Waals surface area contributed by atoms with Gasteiger partial charge in [0.15, 0.2) is 0 Å². The summed E-state index contributed by atoms with van der Waals surface area (Å²) in [4.78, 5) is 12.1. The van der Waals surface area contributed by atoms with Crippen LogP contribution in [0.1, 0.15) is 56.1 Å². The number of hydrogen-bond donors (Lipinski definition) is 1. The summed E-state index contributed by atoms with van der Waals surface area (Å²) in [5, 5.41) is 3.01. The Morgan fingerprint density at radius 1 is 1.56 bits per heavy atom. The fourth-order valence-electron chi connectivity index (χ4n) is 2.09. The fourth-order valence-corrected chi connectivity index (χ4v) is 2.52. The Balaban J connectivity index is 1.88. The molecule has 0 aromatic carbocycles. The van der Waals surface area contributed by atoms with E-state index in [9.17, 15) is 4.79 Å². The van der Waals surface area contributed by atoms with Crippen LogP contribution in [0, 0.1) is 5.92 Å². The maximum atomic E-state index is 12.1. The SMILES string of the molecule is CC(C)CCCNC(=O)c1cc(Br)cn1C1CC1. The summed E-state index contributed by atoms with van der Waals surface area (Å²) in [6.45, 7) is 5.18. The minimum atomic E-state index is 0.0522. The van der Waals surface area contributed by atoms with Crippen LogP contribution in [-0.2, 0) is 0 Å². The molecular weight excluding hydrogens is 292 g/mol.